The number of phenolic OH excluding ortho intramolecular Hbond substituents is 1. The Morgan fingerprint density at radius 2 is 1.77 bits per heavy atom. The zero-order chi connectivity index (χ0) is 18.4. The predicted molar refractivity (Wildman–Crippen MR) is 95.7 cm³/mol. The van der Waals surface area contributed by atoms with Crippen LogP contribution in [0.5, 0.6) is 5.75 Å². The number of phenols is 1. The highest BCUT2D eigenvalue weighted by Gasteiger charge is 2.30. The second kappa shape index (κ2) is 5.70. The lowest BCUT2D eigenvalue weighted by molar-refractivity contribution is 0.0698. The molecule has 2 N–H and O–H groups in total. The summed E-state index contributed by atoms with van der Waals surface area (Å²) in [4.78, 5) is 29.0. The zero-order valence-electron chi connectivity index (χ0n) is 13.7. The van der Waals surface area contributed by atoms with Gasteiger partial charge in [-0.2, -0.15) is 0 Å². The van der Waals surface area contributed by atoms with Crippen LogP contribution < -0.4 is 5.43 Å². The van der Waals surface area contributed by atoms with Gasteiger partial charge in [-0.3, -0.25) is 4.79 Å². The Labute approximate surface area is 147 Å². The van der Waals surface area contributed by atoms with Crippen molar-refractivity contribution >= 4 is 17.1 Å². The molecule has 0 spiro atoms. The van der Waals surface area contributed by atoms with Crippen LogP contribution in [0.25, 0.3) is 33.7 Å². The molecule has 1 heterocycles. The average molecular weight is 347 g/mol. The number of hydrogen-bond donors (Lipinski definition) is 2. The molecule has 0 radical (unpaired) electrons. The SMILES string of the molecule is Cc1ccc(-c2c(C(=O)O)c3nc4ccccc4oc-3c(O)c2=O)cc1. The van der Waals surface area contributed by atoms with E-state index in [0.717, 1.165) is 5.56 Å². The minimum atomic E-state index is -1.32. The molecule has 2 aromatic carbocycles. The van der Waals surface area contributed by atoms with Crippen molar-refractivity contribution in [2.24, 2.45) is 0 Å². The van der Waals surface area contributed by atoms with Crippen LogP contribution in [0.15, 0.2) is 57.7 Å². The summed E-state index contributed by atoms with van der Waals surface area (Å²) in [5.74, 6) is -2.21. The maximum absolute atomic E-state index is 12.7. The Bertz CT molecular complexity index is 1190. The Morgan fingerprint density at radius 3 is 2.46 bits per heavy atom. The summed E-state index contributed by atoms with van der Waals surface area (Å²) in [7, 11) is 0. The Hall–Kier alpha value is -3.67. The van der Waals surface area contributed by atoms with Crippen LogP contribution >= 0.6 is 0 Å². The van der Waals surface area contributed by atoms with Gasteiger partial charge in [0.15, 0.2) is 11.3 Å². The van der Waals surface area contributed by atoms with Crippen LogP contribution in [0.3, 0.4) is 0 Å². The van der Waals surface area contributed by atoms with Crippen LogP contribution in [0, 0.1) is 6.92 Å². The molecule has 0 unspecified atom stereocenters. The molecule has 0 bridgehead atoms. The molecule has 26 heavy (non-hydrogen) atoms. The molecule has 6 nitrogen and oxygen atoms in total. The summed E-state index contributed by atoms with van der Waals surface area (Å²) >= 11 is 0. The predicted octanol–water partition coefficient (Wildman–Crippen LogP) is 3.67. The maximum Gasteiger partial charge on any atom is 0.338 e. The van der Waals surface area contributed by atoms with Gasteiger partial charge in [0.1, 0.15) is 16.8 Å². The number of benzene rings is 3. The van der Waals surface area contributed by atoms with Crippen LogP contribution in [-0.2, 0) is 0 Å². The lowest BCUT2D eigenvalue weighted by atomic mass is 9.94. The summed E-state index contributed by atoms with van der Waals surface area (Å²) in [5, 5.41) is 20.1. The van der Waals surface area contributed by atoms with E-state index in [-0.39, 0.29) is 22.6 Å². The molecule has 0 saturated heterocycles. The van der Waals surface area contributed by atoms with E-state index in [0.29, 0.717) is 16.7 Å². The average Bonchev–Trinajstić information content (AvgIpc) is 2.64. The third-order valence-corrected chi connectivity index (χ3v) is 4.22. The van der Waals surface area contributed by atoms with Crippen LogP contribution in [0.4, 0.5) is 0 Å². The van der Waals surface area contributed by atoms with Crippen molar-refractivity contribution in [3.8, 4) is 28.3 Å². The third kappa shape index (κ3) is 2.31. The van der Waals surface area contributed by atoms with Gasteiger partial charge >= 0.3 is 5.97 Å². The van der Waals surface area contributed by atoms with Gasteiger partial charge in [0.05, 0.1) is 5.56 Å². The van der Waals surface area contributed by atoms with Gasteiger partial charge in [-0.1, -0.05) is 42.0 Å². The van der Waals surface area contributed by atoms with E-state index in [1.54, 1.807) is 48.5 Å². The van der Waals surface area contributed by atoms with Gasteiger partial charge in [0.2, 0.25) is 11.2 Å². The second-order valence-electron chi connectivity index (χ2n) is 5.96. The molecule has 1 aliphatic carbocycles. The first kappa shape index (κ1) is 15.8. The fraction of sp³-hybridized carbons (Fsp3) is 0.0500. The van der Waals surface area contributed by atoms with Crippen molar-refractivity contribution < 1.29 is 19.4 Å². The number of carboxylic acid groups (broad SMARTS) is 1. The highest BCUT2D eigenvalue weighted by atomic mass is 16.4. The summed E-state index contributed by atoms with van der Waals surface area (Å²) in [6.07, 6.45) is 0. The van der Waals surface area contributed by atoms with Gasteiger partial charge in [-0.05, 0) is 24.6 Å². The smallest absolute Gasteiger partial charge is 0.338 e. The number of carbonyl (C=O) groups is 1. The summed E-state index contributed by atoms with van der Waals surface area (Å²) < 4.78 is 5.58. The number of hydrogen-bond acceptors (Lipinski definition) is 5. The van der Waals surface area contributed by atoms with Crippen molar-refractivity contribution in [1.29, 1.82) is 0 Å². The summed E-state index contributed by atoms with van der Waals surface area (Å²) in [6.45, 7) is 1.88. The third-order valence-electron chi connectivity index (χ3n) is 4.22. The second-order valence-corrected chi connectivity index (χ2v) is 5.96. The molecule has 0 fully saturated rings. The largest absolute Gasteiger partial charge is 0.501 e. The highest BCUT2D eigenvalue weighted by Crippen LogP contribution is 2.37. The zero-order valence-corrected chi connectivity index (χ0v) is 13.7. The number of fused-ring (bicyclic) bond motifs is 2. The topological polar surface area (TPSA) is 101 Å². The minimum Gasteiger partial charge on any atom is -0.501 e. The van der Waals surface area contributed by atoms with Crippen molar-refractivity contribution in [2.45, 2.75) is 6.92 Å². The van der Waals surface area contributed by atoms with E-state index in [4.69, 9.17) is 4.42 Å². The van der Waals surface area contributed by atoms with E-state index in [9.17, 15) is 19.8 Å². The van der Waals surface area contributed by atoms with Crippen molar-refractivity contribution in [2.75, 3.05) is 0 Å². The van der Waals surface area contributed by atoms with Crippen molar-refractivity contribution in [3.63, 3.8) is 0 Å². The maximum atomic E-state index is 12.7. The molecule has 2 aromatic rings. The molecule has 0 atom stereocenters. The van der Waals surface area contributed by atoms with E-state index in [2.05, 4.69) is 4.98 Å². The van der Waals surface area contributed by atoms with Crippen LogP contribution in [-0.4, -0.2) is 21.2 Å². The number of carboxylic acids is 1. The molecular formula is C20H13NO5. The lowest BCUT2D eigenvalue weighted by Crippen LogP contribution is -2.16. The molecule has 0 saturated carbocycles. The molecule has 0 amide bonds. The molecule has 0 aromatic heterocycles. The molecule has 2 aliphatic rings. The molecular weight excluding hydrogens is 334 g/mol. The first-order valence-corrected chi connectivity index (χ1v) is 7.86. The standard InChI is InChI=1S/C20H13NO5/c1-10-6-8-11(9-7-10)14-15(20(24)25)16-19(18(23)17(14)22)26-13-5-3-2-4-12(13)21-16/h2-9,23H,1H3,(H,24,25). The van der Waals surface area contributed by atoms with E-state index < -0.39 is 17.1 Å². The van der Waals surface area contributed by atoms with E-state index in [1.165, 1.54) is 0 Å². The van der Waals surface area contributed by atoms with Crippen LogP contribution in [0.2, 0.25) is 0 Å². The number of aromatic hydroxyl groups is 1. The first-order chi connectivity index (χ1) is 12.5. The normalized spacial score (nSPS) is 11.1. The van der Waals surface area contributed by atoms with Gasteiger partial charge in [0, 0.05) is 0 Å². The Morgan fingerprint density at radius 1 is 1.08 bits per heavy atom. The molecule has 1 aliphatic heterocycles. The van der Waals surface area contributed by atoms with Gasteiger partial charge in [-0.15, -0.1) is 0 Å². The number of para-hydroxylation sites is 2. The summed E-state index contributed by atoms with van der Waals surface area (Å²) in [6, 6.07) is 13.5. The molecule has 6 heteroatoms. The van der Waals surface area contributed by atoms with Crippen molar-refractivity contribution in [3.05, 3.63) is 69.9 Å². The van der Waals surface area contributed by atoms with E-state index in [1.807, 2.05) is 6.92 Å². The number of rotatable bonds is 2. The Balaban J connectivity index is 2.20. The Kier molecular flexibility index (Phi) is 3.47. The number of aromatic nitrogens is 1. The lowest BCUT2D eigenvalue weighted by Gasteiger charge is -2.14. The van der Waals surface area contributed by atoms with Gasteiger partial charge in [0.25, 0.3) is 0 Å². The monoisotopic (exact) mass is 347 g/mol. The number of aromatic carboxylic acids is 1. The molecule has 4 rings (SSSR count). The van der Waals surface area contributed by atoms with Crippen molar-refractivity contribution in [1.82, 2.24) is 4.98 Å². The van der Waals surface area contributed by atoms with Gasteiger partial charge in [-0.25, -0.2) is 9.78 Å². The highest BCUT2D eigenvalue weighted by molar-refractivity contribution is 6.04. The first-order valence-electron chi connectivity index (χ1n) is 7.86. The summed E-state index contributed by atoms with van der Waals surface area (Å²) in [5.41, 5.74) is 0.849. The van der Waals surface area contributed by atoms with E-state index >= 15 is 0 Å². The number of nitrogens with zero attached hydrogens (tertiary/aromatic N) is 1. The van der Waals surface area contributed by atoms with Crippen LogP contribution in [0.1, 0.15) is 15.9 Å². The molecule has 128 valence electrons. The van der Waals surface area contributed by atoms with Gasteiger partial charge < -0.3 is 14.6 Å². The number of aryl methyl sites for hydroxylation is 1. The quantitative estimate of drug-likeness (QED) is 0.537. The fourth-order valence-corrected chi connectivity index (χ4v) is 2.95. The fourth-order valence-electron chi connectivity index (χ4n) is 2.95. The minimum absolute atomic E-state index is 0.0659.